The first-order valence-corrected chi connectivity index (χ1v) is 6.72. The van der Waals surface area contributed by atoms with Crippen molar-refractivity contribution in [3.8, 4) is 17.0 Å². The van der Waals surface area contributed by atoms with Crippen molar-refractivity contribution in [1.82, 2.24) is 9.78 Å². The molecule has 0 atom stereocenters. The van der Waals surface area contributed by atoms with Crippen LogP contribution in [-0.2, 0) is 13.2 Å². The number of ether oxygens (including phenoxy) is 1. The van der Waals surface area contributed by atoms with Gasteiger partial charge in [0.25, 0.3) is 0 Å². The molecule has 2 heterocycles. The molecule has 3 aromatic rings. The Bertz CT molecular complexity index is 747. The van der Waals surface area contributed by atoms with Crippen LogP contribution in [0.15, 0.2) is 60.8 Å². The fourth-order valence-electron chi connectivity index (χ4n) is 2.65. The number of fused-ring (bicyclic) bond motifs is 3. The molecule has 0 amide bonds. The zero-order chi connectivity index (χ0) is 13.4. The molecule has 0 spiro atoms. The van der Waals surface area contributed by atoms with E-state index in [1.807, 2.05) is 23.0 Å². The normalized spacial score (nSPS) is 12.4. The van der Waals surface area contributed by atoms with Crippen LogP contribution in [0.4, 0.5) is 0 Å². The van der Waals surface area contributed by atoms with Crippen LogP contribution in [0.2, 0.25) is 0 Å². The van der Waals surface area contributed by atoms with Gasteiger partial charge in [-0.3, -0.25) is 4.68 Å². The number of aromatic nitrogens is 2. The van der Waals surface area contributed by atoms with Crippen LogP contribution in [0.3, 0.4) is 0 Å². The summed E-state index contributed by atoms with van der Waals surface area (Å²) in [4.78, 5) is 0. The number of benzene rings is 2. The molecule has 2 aromatic carbocycles. The summed E-state index contributed by atoms with van der Waals surface area (Å²) < 4.78 is 7.80. The fraction of sp³-hybridized carbons (Fsp3) is 0.118. The average molecular weight is 262 g/mol. The highest BCUT2D eigenvalue weighted by Gasteiger charge is 2.21. The Kier molecular flexibility index (Phi) is 2.56. The van der Waals surface area contributed by atoms with E-state index in [9.17, 15) is 0 Å². The quantitative estimate of drug-likeness (QED) is 0.707. The highest BCUT2D eigenvalue weighted by molar-refractivity contribution is 5.71. The molecule has 1 aromatic heterocycles. The highest BCUT2D eigenvalue weighted by atomic mass is 16.5. The van der Waals surface area contributed by atoms with Crippen LogP contribution in [0.1, 0.15) is 11.1 Å². The van der Waals surface area contributed by atoms with Gasteiger partial charge in [0, 0.05) is 5.56 Å². The highest BCUT2D eigenvalue weighted by Crippen LogP contribution is 2.37. The van der Waals surface area contributed by atoms with Crippen LogP contribution in [0.5, 0.6) is 5.75 Å². The zero-order valence-corrected chi connectivity index (χ0v) is 11.0. The predicted octanol–water partition coefficient (Wildman–Crippen LogP) is 3.49. The lowest BCUT2D eigenvalue weighted by molar-refractivity contribution is 0.302. The maximum atomic E-state index is 5.78. The van der Waals surface area contributed by atoms with Gasteiger partial charge in [0.2, 0.25) is 0 Å². The zero-order valence-electron chi connectivity index (χ0n) is 11.0. The Labute approximate surface area is 117 Å². The van der Waals surface area contributed by atoms with Crippen molar-refractivity contribution in [2.24, 2.45) is 0 Å². The molecule has 4 rings (SSSR count). The number of hydrogen-bond acceptors (Lipinski definition) is 2. The summed E-state index contributed by atoms with van der Waals surface area (Å²) in [6.45, 7) is 1.38. The molecule has 0 aliphatic carbocycles. The largest absolute Gasteiger partial charge is 0.485 e. The monoisotopic (exact) mass is 262 g/mol. The maximum absolute atomic E-state index is 5.78. The number of nitrogens with zero attached hydrogens (tertiary/aromatic N) is 2. The van der Waals surface area contributed by atoms with E-state index in [1.165, 1.54) is 16.7 Å². The van der Waals surface area contributed by atoms with Crippen LogP contribution in [0, 0.1) is 0 Å². The topological polar surface area (TPSA) is 27.1 Å². The minimum Gasteiger partial charge on any atom is -0.485 e. The molecule has 0 fully saturated rings. The molecule has 1 aliphatic heterocycles. The smallest absolute Gasteiger partial charge is 0.165 e. The fourth-order valence-corrected chi connectivity index (χ4v) is 2.65. The molecular weight excluding hydrogens is 248 g/mol. The van der Waals surface area contributed by atoms with Gasteiger partial charge in [-0.15, -0.1) is 0 Å². The summed E-state index contributed by atoms with van der Waals surface area (Å²) in [6, 6.07) is 18.7. The second-order valence-corrected chi connectivity index (χ2v) is 4.95. The maximum Gasteiger partial charge on any atom is 0.165 e. The van der Waals surface area contributed by atoms with Crippen molar-refractivity contribution < 1.29 is 4.74 Å². The van der Waals surface area contributed by atoms with E-state index in [0.717, 1.165) is 18.0 Å². The lowest BCUT2D eigenvalue weighted by Gasteiger charge is -2.19. The van der Waals surface area contributed by atoms with Gasteiger partial charge in [0.1, 0.15) is 12.3 Å². The van der Waals surface area contributed by atoms with E-state index < -0.39 is 0 Å². The molecule has 20 heavy (non-hydrogen) atoms. The van der Waals surface area contributed by atoms with Crippen LogP contribution >= 0.6 is 0 Å². The Balaban J connectivity index is 1.80. The van der Waals surface area contributed by atoms with Crippen LogP contribution in [0.25, 0.3) is 11.3 Å². The second-order valence-electron chi connectivity index (χ2n) is 4.95. The Morgan fingerprint density at radius 2 is 1.80 bits per heavy atom. The Morgan fingerprint density at radius 3 is 2.70 bits per heavy atom. The first-order valence-electron chi connectivity index (χ1n) is 6.72. The minimum absolute atomic E-state index is 0.625. The lowest BCUT2D eigenvalue weighted by atomic mass is 10.0. The lowest BCUT2D eigenvalue weighted by Crippen LogP contribution is -2.09. The molecule has 98 valence electrons. The van der Waals surface area contributed by atoms with Gasteiger partial charge in [0.15, 0.2) is 5.75 Å². The Morgan fingerprint density at radius 1 is 1.00 bits per heavy atom. The first kappa shape index (κ1) is 11.3. The SMILES string of the molecule is c1ccc(Cn2ncc3c2-c2ccccc2CO3)cc1. The summed E-state index contributed by atoms with van der Waals surface area (Å²) in [5.74, 6) is 0.875. The van der Waals surface area contributed by atoms with Crippen molar-refractivity contribution in [3.63, 3.8) is 0 Å². The van der Waals surface area contributed by atoms with Gasteiger partial charge in [0.05, 0.1) is 12.7 Å². The van der Waals surface area contributed by atoms with Crippen LogP contribution < -0.4 is 4.74 Å². The van der Waals surface area contributed by atoms with Gasteiger partial charge >= 0.3 is 0 Å². The molecule has 0 unspecified atom stereocenters. The van der Waals surface area contributed by atoms with Crippen molar-refractivity contribution in [2.75, 3.05) is 0 Å². The van der Waals surface area contributed by atoms with E-state index in [-0.39, 0.29) is 0 Å². The van der Waals surface area contributed by atoms with Crippen molar-refractivity contribution >= 4 is 0 Å². The molecule has 0 radical (unpaired) electrons. The molecule has 1 aliphatic rings. The number of hydrogen-bond donors (Lipinski definition) is 0. The van der Waals surface area contributed by atoms with Gasteiger partial charge in [-0.2, -0.15) is 5.10 Å². The molecule has 0 N–H and O–H groups in total. The summed E-state index contributed by atoms with van der Waals surface area (Å²) >= 11 is 0. The van der Waals surface area contributed by atoms with Crippen molar-refractivity contribution in [1.29, 1.82) is 0 Å². The van der Waals surface area contributed by atoms with E-state index in [0.29, 0.717) is 6.61 Å². The third-order valence-electron chi connectivity index (χ3n) is 3.64. The van der Waals surface area contributed by atoms with E-state index in [4.69, 9.17) is 4.74 Å². The molecule has 3 nitrogen and oxygen atoms in total. The van der Waals surface area contributed by atoms with E-state index >= 15 is 0 Å². The van der Waals surface area contributed by atoms with Gasteiger partial charge in [-0.05, 0) is 11.1 Å². The van der Waals surface area contributed by atoms with Gasteiger partial charge in [-0.1, -0.05) is 54.6 Å². The van der Waals surface area contributed by atoms with Crippen molar-refractivity contribution in [2.45, 2.75) is 13.2 Å². The minimum atomic E-state index is 0.625. The third-order valence-corrected chi connectivity index (χ3v) is 3.64. The molecule has 0 saturated heterocycles. The van der Waals surface area contributed by atoms with E-state index in [1.54, 1.807) is 0 Å². The molecule has 0 bridgehead atoms. The summed E-state index contributed by atoms with van der Waals surface area (Å²) in [7, 11) is 0. The van der Waals surface area contributed by atoms with Crippen LogP contribution in [-0.4, -0.2) is 9.78 Å². The first-order chi connectivity index (χ1) is 9.92. The average Bonchev–Trinajstić information content (AvgIpc) is 2.92. The van der Waals surface area contributed by atoms with E-state index in [2.05, 4.69) is 47.6 Å². The Hall–Kier alpha value is -2.55. The second kappa shape index (κ2) is 4.53. The molecule has 3 heteroatoms. The summed E-state index contributed by atoms with van der Waals surface area (Å²) in [5, 5.41) is 4.48. The number of rotatable bonds is 2. The van der Waals surface area contributed by atoms with Crippen molar-refractivity contribution in [3.05, 3.63) is 71.9 Å². The third kappa shape index (κ3) is 1.79. The standard InChI is InChI=1S/C17H14N2O/c1-2-6-13(7-3-1)11-19-17-15-9-5-4-8-14(15)12-20-16(17)10-18-19/h1-10H,11-12H2. The molecule has 0 saturated carbocycles. The molecular formula is C17H14N2O. The van der Waals surface area contributed by atoms with Gasteiger partial charge < -0.3 is 4.74 Å². The summed E-state index contributed by atoms with van der Waals surface area (Å²) in [6.07, 6.45) is 1.81. The summed E-state index contributed by atoms with van der Waals surface area (Å²) in [5.41, 5.74) is 4.76. The van der Waals surface area contributed by atoms with Gasteiger partial charge in [-0.25, -0.2) is 0 Å². The predicted molar refractivity (Wildman–Crippen MR) is 77.5 cm³/mol.